The predicted octanol–water partition coefficient (Wildman–Crippen LogP) is 4.51. The molecule has 8 nitrogen and oxygen atoms in total. The number of amides is 1. The monoisotopic (exact) mass is 449 g/mol. The number of anilines is 1. The molecule has 1 unspecified atom stereocenters. The summed E-state index contributed by atoms with van der Waals surface area (Å²) in [6.45, 7) is 0. The van der Waals surface area contributed by atoms with E-state index >= 15 is 0 Å². The van der Waals surface area contributed by atoms with Crippen molar-refractivity contribution in [3.05, 3.63) is 99.1 Å². The fraction of sp³-hybridized carbons (Fsp3) is 0.0870. The van der Waals surface area contributed by atoms with Gasteiger partial charge in [-0.3, -0.25) is 19.7 Å². The number of halogens is 1. The van der Waals surface area contributed by atoms with Crippen LogP contribution in [-0.2, 0) is 4.79 Å². The molecule has 1 aliphatic heterocycles. The van der Waals surface area contributed by atoms with Gasteiger partial charge in [0.05, 0.1) is 23.4 Å². The Balaban J connectivity index is 1.78. The van der Waals surface area contributed by atoms with Crippen LogP contribution in [0.1, 0.15) is 15.9 Å². The Morgan fingerprint density at radius 3 is 2.41 bits per heavy atom. The summed E-state index contributed by atoms with van der Waals surface area (Å²) in [5.74, 6) is -1.82. The van der Waals surface area contributed by atoms with Crippen molar-refractivity contribution in [2.24, 2.45) is 11.0 Å². The lowest BCUT2D eigenvalue weighted by Gasteiger charge is -2.14. The fourth-order valence-corrected chi connectivity index (χ4v) is 3.59. The number of rotatable bonds is 6. The average molecular weight is 450 g/mol. The molecule has 0 fully saturated rings. The van der Waals surface area contributed by atoms with Gasteiger partial charge in [-0.25, -0.2) is 0 Å². The molecule has 0 aliphatic carbocycles. The third-order valence-corrected chi connectivity index (χ3v) is 5.33. The Morgan fingerprint density at radius 1 is 1.09 bits per heavy atom. The van der Waals surface area contributed by atoms with Gasteiger partial charge in [0.25, 0.3) is 11.6 Å². The van der Waals surface area contributed by atoms with Gasteiger partial charge in [0, 0.05) is 11.6 Å². The number of hydrogen-bond acceptors (Lipinski definition) is 6. The molecule has 9 heteroatoms. The van der Waals surface area contributed by atoms with Crippen LogP contribution >= 0.6 is 11.6 Å². The van der Waals surface area contributed by atoms with Gasteiger partial charge in [-0.1, -0.05) is 41.9 Å². The molecule has 160 valence electrons. The highest BCUT2D eigenvalue weighted by molar-refractivity contribution is 6.35. The van der Waals surface area contributed by atoms with Crippen molar-refractivity contribution in [3.63, 3.8) is 0 Å². The van der Waals surface area contributed by atoms with E-state index in [-0.39, 0.29) is 16.3 Å². The normalized spacial score (nSPS) is 15.4. The Bertz CT molecular complexity index is 1240. The van der Waals surface area contributed by atoms with E-state index in [2.05, 4.69) is 5.10 Å². The summed E-state index contributed by atoms with van der Waals surface area (Å²) in [6, 6.07) is 19.2. The SMILES string of the molecule is COc1ccc(N2N=C(c3ccccc3)C(C(=O)c3ccc(Cl)c([N+](=O)[O-])c3)C2=O)cc1. The van der Waals surface area contributed by atoms with E-state index in [1.54, 1.807) is 48.5 Å². The number of ketones is 1. The summed E-state index contributed by atoms with van der Waals surface area (Å²) in [7, 11) is 1.53. The molecule has 1 aliphatic rings. The van der Waals surface area contributed by atoms with Gasteiger partial charge < -0.3 is 4.74 Å². The van der Waals surface area contributed by atoms with Crippen molar-refractivity contribution in [1.82, 2.24) is 0 Å². The third kappa shape index (κ3) is 3.83. The molecule has 32 heavy (non-hydrogen) atoms. The number of ether oxygens (including phenoxy) is 1. The minimum atomic E-state index is -1.26. The molecule has 4 rings (SSSR count). The number of methoxy groups -OCH3 is 1. The van der Waals surface area contributed by atoms with Crippen LogP contribution in [0, 0.1) is 16.0 Å². The minimum absolute atomic E-state index is 0.000313. The highest BCUT2D eigenvalue weighted by Gasteiger charge is 2.43. The van der Waals surface area contributed by atoms with Crippen molar-refractivity contribution in [2.45, 2.75) is 0 Å². The largest absolute Gasteiger partial charge is 0.497 e. The molecular weight excluding hydrogens is 434 g/mol. The summed E-state index contributed by atoms with van der Waals surface area (Å²) < 4.78 is 5.15. The maximum atomic E-state index is 13.4. The lowest BCUT2D eigenvalue weighted by molar-refractivity contribution is -0.384. The number of benzene rings is 3. The first-order valence-corrected chi connectivity index (χ1v) is 9.88. The summed E-state index contributed by atoms with van der Waals surface area (Å²) in [4.78, 5) is 37.3. The molecule has 3 aromatic carbocycles. The molecule has 0 N–H and O–H groups in total. The summed E-state index contributed by atoms with van der Waals surface area (Å²) >= 11 is 5.87. The van der Waals surface area contributed by atoms with E-state index in [4.69, 9.17) is 16.3 Å². The molecule has 1 amide bonds. The first-order chi connectivity index (χ1) is 15.4. The molecule has 0 spiro atoms. The van der Waals surface area contributed by atoms with Gasteiger partial charge in [0.1, 0.15) is 16.7 Å². The second-order valence-electron chi connectivity index (χ2n) is 6.92. The number of nitrogens with zero attached hydrogens (tertiary/aromatic N) is 3. The van der Waals surface area contributed by atoms with Gasteiger partial charge in [0.2, 0.25) is 0 Å². The van der Waals surface area contributed by atoms with Crippen molar-refractivity contribution >= 4 is 40.4 Å². The Morgan fingerprint density at radius 2 is 1.78 bits per heavy atom. The molecule has 0 saturated carbocycles. The standard InChI is InChI=1S/C23H16ClN3O5/c1-32-17-10-8-16(9-11-17)26-23(29)20(21(25-26)14-5-3-2-4-6-14)22(28)15-7-12-18(24)19(13-15)27(30)31/h2-13,20H,1H3. The first-order valence-electron chi connectivity index (χ1n) is 9.51. The van der Waals surface area contributed by atoms with Crippen molar-refractivity contribution in [1.29, 1.82) is 0 Å². The number of carbonyl (C=O) groups is 2. The molecule has 0 bridgehead atoms. The highest BCUT2D eigenvalue weighted by Crippen LogP contribution is 2.32. The van der Waals surface area contributed by atoms with Crippen molar-refractivity contribution < 1.29 is 19.2 Å². The zero-order chi connectivity index (χ0) is 22.8. The van der Waals surface area contributed by atoms with Crippen LogP contribution in [-0.4, -0.2) is 29.4 Å². The van der Waals surface area contributed by atoms with Crippen LogP contribution in [0.15, 0.2) is 77.9 Å². The molecule has 1 heterocycles. The molecule has 0 aromatic heterocycles. The third-order valence-electron chi connectivity index (χ3n) is 5.01. The number of hydrazone groups is 1. The Hall–Kier alpha value is -4.04. The van der Waals surface area contributed by atoms with Crippen molar-refractivity contribution in [2.75, 3.05) is 12.1 Å². The maximum Gasteiger partial charge on any atom is 0.288 e. The number of hydrogen-bond donors (Lipinski definition) is 0. The second kappa shape index (κ2) is 8.60. The minimum Gasteiger partial charge on any atom is -0.497 e. The molecule has 0 radical (unpaired) electrons. The number of carbonyl (C=O) groups excluding carboxylic acids is 2. The van der Waals surface area contributed by atoms with Gasteiger partial charge >= 0.3 is 0 Å². The van der Waals surface area contributed by atoms with Crippen LogP contribution in [0.2, 0.25) is 5.02 Å². The molecule has 1 atom stereocenters. The van der Waals surface area contributed by atoms with Crippen LogP contribution in [0.3, 0.4) is 0 Å². The number of Topliss-reactive ketones (excluding diaryl/α,β-unsaturated/α-hetero) is 1. The molecule has 0 saturated heterocycles. The van der Waals surface area contributed by atoms with Gasteiger partial charge in [0.15, 0.2) is 5.78 Å². The van der Waals surface area contributed by atoms with Gasteiger partial charge in [-0.05, 0) is 42.0 Å². The van der Waals surface area contributed by atoms with E-state index in [1.165, 1.54) is 19.2 Å². The van der Waals surface area contributed by atoms with E-state index < -0.39 is 28.2 Å². The molecular formula is C23H16ClN3O5. The van der Waals surface area contributed by atoms with Crippen molar-refractivity contribution in [3.8, 4) is 5.75 Å². The summed E-state index contributed by atoms with van der Waals surface area (Å²) in [5.41, 5.74) is 0.905. The average Bonchev–Trinajstić information content (AvgIpc) is 3.16. The molecule has 3 aromatic rings. The first kappa shape index (κ1) is 21.2. The second-order valence-corrected chi connectivity index (χ2v) is 7.33. The fourth-order valence-electron chi connectivity index (χ4n) is 3.40. The Kier molecular flexibility index (Phi) is 5.70. The lowest BCUT2D eigenvalue weighted by Crippen LogP contribution is -2.33. The van der Waals surface area contributed by atoms with E-state index in [0.29, 0.717) is 17.0 Å². The summed E-state index contributed by atoms with van der Waals surface area (Å²) in [6.07, 6.45) is 0. The van der Waals surface area contributed by atoms with Crippen LogP contribution in [0.5, 0.6) is 5.75 Å². The van der Waals surface area contributed by atoms with Crippen LogP contribution in [0.4, 0.5) is 11.4 Å². The smallest absolute Gasteiger partial charge is 0.288 e. The topological polar surface area (TPSA) is 102 Å². The highest BCUT2D eigenvalue weighted by atomic mass is 35.5. The zero-order valence-electron chi connectivity index (χ0n) is 16.8. The van der Waals surface area contributed by atoms with Gasteiger partial charge in [-0.15, -0.1) is 0 Å². The predicted molar refractivity (Wildman–Crippen MR) is 119 cm³/mol. The van der Waals surface area contributed by atoms with Crippen LogP contribution in [0.25, 0.3) is 0 Å². The summed E-state index contributed by atoms with van der Waals surface area (Å²) in [5, 5.41) is 16.8. The lowest BCUT2D eigenvalue weighted by atomic mass is 9.89. The van der Waals surface area contributed by atoms with E-state index in [0.717, 1.165) is 11.1 Å². The van der Waals surface area contributed by atoms with E-state index in [9.17, 15) is 19.7 Å². The zero-order valence-corrected chi connectivity index (χ0v) is 17.5. The Labute approximate surface area is 187 Å². The maximum absolute atomic E-state index is 13.4. The number of nitro groups is 1. The van der Waals surface area contributed by atoms with Crippen LogP contribution < -0.4 is 9.75 Å². The quantitative estimate of drug-likeness (QED) is 0.238. The number of nitro benzene ring substituents is 1. The van der Waals surface area contributed by atoms with E-state index in [1.807, 2.05) is 6.07 Å². The van der Waals surface area contributed by atoms with Gasteiger partial charge in [-0.2, -0.15) is 10.1 Å².